The number of benzene rings is 2. The summed E-state index contributed by atoms with van der Waals surface area (Å²) in [6, 6.07) is 13.4. The van der Waals surface area contributed by atoms with Gasteiger partial charge in [0.1, 0.15) is 5.82 Å². The van der Waals surface area contributed by atoms with Gasteiger partial charge < -0.3 is 5.32 Å². The minimum atomic E-state index is -0.349. The lowest BCUT2D eigenvalue weighted by Crippen LogP contribution is -2.14. The summed E-state index contributed by atoms with van der Waals surface area (Å²) in [6.07, 6.45) is 2.38. The molecule has 4 aromatic rings. The Morgan fingerprint density at radius 2 is 2.00 bits per heavy atom. The average molecular weight is 461 g/mol. The zero-order valence-corrected chi connectivity index (χ0v) is 17.7. The second-order valence-corrected chi connectivity index (χ2v) is 8.55. The molecule has 11 heteroatoms. The van der Waals surface area contributed by atoms with Crippen LogP contribution in [0, 0.1) is 5.82 Å². The molecular formula is C19H14ClFN6OS2. The van der Waals surface area contributed by atoms with Crippen molar-refractivity contribution in [3.8, 4) is 5.69 Å². The smallest absolute Gasteiger partial charge is 0.236 e. The molecule has 2 aromatic carbocycles. The zero-order valence-electron chi connectivity index (χ0n) is 15.3. The summed E-state index contributed by atoms with van der Waals surface area (Å²) in [6.45, 7) is 0. The fourth-order valence-corrected chi connectivity index (χ4v) is 4.32. The van der Waals surface area contributed by atoms with E-state index in [0.29, 0.717) is 27.4 Å². The first-order chi connectivity index (χ1) is 14.6. The van der Waals surface area contributed by atoms with Crippen molar-refractivity contribution in [2.24, 2.45) is 0 Å². The molecule has 1 amide bonds. The monoisotopic (exact) mass is 460 g/mol. The van der Waals surface area contributed by atoms with E-state index < -0.39 is 0 Å². The minimum Gasteiger partial charge on any atom is -0.301 e. The van der Waals surface area contributed by atoms with E-state index >= 15 is 0 Å². The van der Waals surface area contributed by atoms with E-state index in [4.69, 9.17) is 11.6 Å². The maximum atomic E-state index is 13.1. The van der Waals surface area contributed by atoms with Crippen LogP contribution in [0.15, 0.2) is 59.9 Å². The van der Waals surface area contributed by atoms with Crippen molar-refractivity contribution in [3.05, 3.63) is 76.0 Å². The van der Waals surface area contributed by atoms with Crippen molar-refractivity contribution in [1.82, 2.24) is 25.2 Å². The molecule has 0 saturated heterocycles. The second kappa shape index (κ2) is 9.33. The topological polar surface area (TPSA) is 85.6 Å². The van der Waals surface area contributed by atoms with E-state index in [9.17, 15) is 9.18 Å². The third-order valence-electron chi connectivity index (χ3n) is 3.97. The number of thioether (sulfide) groups is 1. The minimum absolute atomic E-state index is 0.0982. The van der Waals surface area contributed by atoms with Gasteiger partial charge in [-0.15, -0.1) is 16.4 Å². The van der Waals surface area contributed by atoms with Gasteiger partial charge in [0, 0.05) is 22.5 Å². The Hall–Kier alpha value is -2.82. The zero-order chi connectivity index (χ0) is 20.9. The largest absolute Gasteiger partial charge is 0.301 e. The third kappa shape index (κ3) is 5.02. The van der Waals surface area contributed by atoms with Crippen LogP contribution in [0.1, 0.15) is 10.4 Å². The lowest BCUT2D eigenvalue weighted by molar-refractivity contribution is -0.113. The number of thiazole rings is 1. The number of halogens is 2. The number of carbonyl (C=O) groups is 1. The molecule has 2 aromatic heterocycles. The van der Waals surface area contributed by atoms with Crippen molar-refractivity contribution in [2.45, 2.75) is 11.6 Å². The first-order valence-electron chi connectivity index (χ1n) is 8.73. The number of hydrogen-bond donors (Lipinski definition) is 1. The Morgan fingerprint density at radius 3 is 2.80 bits per heavy atom. The Kier molecular flexibility index (Phi) is 6.36. The summed E-state index contributed by atoms with van der Waals surface area (Å²) >= 11 is 8.76. The van der Waals surface area contributed by atoms with Gasteiger partial charge in [0.05, 0.1) is 11.4 Å². The van der Waals surface area contributed by atoms with Crippen LogP contribution in [-0.2, 0) is 11.2 Å². The van der Waals surface area contributed by atoms with Crippen molar-refractivity contribution in [2.75, 3.05) is 11.1 Å². The lowest BCUT2D eigenvalue weighted by Gasteiger charge is -2.04. The normalized spacial score (nSPS) is 10.9. The van der Waals surface area contributed by atoms with Crippen molar-refractivity contribution in [1.29, 1.82) is 0 Å². The molecule has 0 unspecified atom stereocenters. The fraction of sp³-hybridized carbons (Fsp3) is 0.105. The summed E-state index contributed by atoms with van der Waals surface area (Å²) < 4.78 is 14.5. The van der Waals surface area contributed by atoms with Crippen LogP contribution in [-0.4, -0.2) is 36.9 Å². The highest BCUT2D eigenvalue weighted by Crippen LogP contribution is 2.25. The number of nitrogens with one attached hydrogen (secondary N) is 1. The van der Waals surface area contributed by atoms with Crippen molar-refractivity contribution in [3.63, 3.8) is 0 Å². The Labute approximate surface area is 184 Å². The van der Waals surface area contributed by atoms with Gasteiger partial charge in [-0.1, -0.05) is 41.6 Å². The van der Waals surface area contributed by atoms with Crippen LogP contribution in [0.25, 0.3) is 5.69 Å². The number of tetrazole rings is 1. The molecule has 30 heavy (non-hydrogen) atoms. The third-order valence-corrected chi connectivity index (χ3v) is 6.17. The van der Waals surface area contributed by atoms with Crippen LogP contribution in [0.4, 0.5) is 9.52 Å². The molecule has 0 fully saturated rings. The highest BCUT2D eigenvalue weighted by Gasteiger charge is 2.13. The molecule has 0 aliphatic heterocycles. The summed E-state index contributed by atoms with van der Waals surface area (Å²) in [4.78, 5) is 17.6. The number of aromatic nitrogens is 5. The molecule has 2 heterocycles. The van der Waals surface area contributed by atoms with Gasteiger partial charge in [0.25, 0.3) is 0 Å². The van der Waals surface area contributed by atoms with Crippen LogP contribution in [0.2, 0.25) is 5.02 Å². The Balaban J connectivity index is 1.34. The first-order valence-corrected chi connectivity index (χ1v) is 10.9. The predicted molar refractivity (Wildman–Crippen MR) is 115 cm³/mol. The van der Waals surface area contributed by atoms with Crippen LogP contribution in [0.5, 0.6) is 0 Å². The quantitative estimate of drug-likeness (QED) is 0.415. The van der Waals surface area contributed by atoms with Crippen LogP contribution < -0.4 is 5.32 Å². The van der Waals surface area contributed by atoms with Gasteiger partial charge in [-0.25, -0.2) is 9.37 Å². The van der Waals surface area contributed by atoms with Gasteiger partial charge in [-0.2, -0.15) is 4.68 Å². The lowest BCUT2D eigenvalue weighted by atomic mass is 10.1. The molecule has 0 spiro atoms. The highest BCUT2D eigenvalue weighted by molar-refractivity contribution is 7.99. The molecule has 0 aliphatic rings. The SMILES string of the molecule is O=C(CSc1nnnn1-c1ccc(F)cc1)Nc1ncc(Cc2ccccc2Cl)s1. The van der Waals surface area contributed by atoms with E-state index in [1.54, 1.807) is 18.3 Å². The fourth-order valence-electron chi connectivity index (χ4n) is 2.58. The molecule has 7 nitrogen and oxygen atoms in total. The van der Waals surface area contributed by atoms with Gasteiger partial charge >= 0.3 is 0 Å². The maximum absolute atomic E-state index is 13.1. The molecule has 1 N–H and O–H groups in total. The maximum Gasteiger partial charge on any atom is 0.236 e. The Bertz CT molecular complexity index is 1160. The number of carbonyl (C=O) groups excluding carboxylic acids is 1. The number of rotatable bonds is 7. The van der Waals surface area contributed by atoms with Gasteiger partial charge in [0.2, 0.25) is 11.1 Å². The highest BCUT2D eigenvalue weighted by atomic mass is 35.5. The van der Waals surface area contributed by atoms with Gasteiger partial charge in [0.15, 0.2) is 5.13 Å². The first kappa shape index (κ1) is 20.5. The number of hydrogen-bond acceptors (Lipinski definition) is 7. The summed E-state index contributed by atoms with van der Waals surface area (Å²) in [5, 5.41) is 15.9. The van der Waals surface area contributed by atoms with Crippen molar-refractivity contribution < 1.29 is 9.18 Å². The van der Waals surface area contributed by atoms with E-state index in [1.807, 2.05) is 24.3 Å². The molecule has 152 valence electrons. The molecule has 0 atom stereocenters. The number of nitrogens with zero attached hydrogens (tertiary/aromatic N) is 5. The van der Waals surface area contributed by atoms with E-state index in [0.717, 1.165) is 10.4 Å². The average Bonchev–Trinajstić information content (AvgIpc) is 3.38. The van der Waals surface area contributed by atoms with Gasteiger partial charge in [-0.05, 0) is 46.3 Å². The van der Waals surface area contributed by atoms with E-state index in [1.165, 1.54) is 39.9 Å². The number of anilines is 1. The Morgan fingerprint density at radius 1 is 1.20 bits per heavy atom. The summed E-state index contributed by atoms with van der Waals surface area (Å²) in [5.74, 6) is -0.480. The molecule has 4 rings (SSSR count). The second-order valence-electron chi connectivity index (χ2n) is 6.09. The summed E-state index contributed by atoms with van der Waals surface area (Å²) in [7, 11) is 0. The predicted octanol–water partition coefficient (Wildman–Crippen LogP) is 4.23. The van der Waals surface area contributed by atoms with E-state index in [-0.39, 0.29) is 17.5 Å². The van der Waals surface area contributed by atoms with Gasteiger partial charge in [-0.3, -0.25) is 4.79 Å². The van der Waals surface area contributed by atoms with Crippen LogP contribution in [0.3, 0.4) is 0 Å². The summed E-state index contributed by atoms with van der Waals surface area (Å²) in [5.41, 5.74) is 1.61. The molecule has 0 radical (unpaired) electrons. The number of amides is 1. The van der Waals surface area contributed by atoms with Crippen molar-refractivity contribution >= 4 is 45.7 Å². The van der Waals surface area contributed by atoms with Crippen LogP contribution >= 0.6 is 34.7 Å². The standard InChI is InChI=1S/C19H14ClFN6OS2/c20-16-4-2-1-3-12(16)9-15-10-22-18(30-15)23-17(28)11-29-19-24-25-26-27(19)14-7-5-13(21)6-8-14/h1-8,10H,9,11H2,(H,22,23,28). The molecule has 0 saturated carbocycles. The van der Waals surface area contributed by atoms with E-state index in [2.05, 4.69) is 25.8 Å². The molecule has 0 bridgehead atoms. The molecular weight excluding hydrogens is 447 g/mol. The molecule has 0 aliphatic carbocycles.